The number of amides is 1. The first-order valence-corrected chi connectivity index (χ1v) is 9.82. The van der Waals surface area contributed by atoms with Gasteiger partial charge in [0.05, 0.1) is 18.4 Å². The number of hydrogen-bond acceptors (Lipinski definition) is 4. The minimum Gasteiger partial charge on any atom is -0.382 e. The van der Waals surface area contributed by atoms with E-state index < -0.39 is 30.3 Å². The molecule has 3 N–H and O–H groups in total. The van der Waals surface area contributed by atoms with Crippen molar-refractivity contribution in [2.24, 2.45) is 0 Å². The third-order valence-electron chi connectivity index (χ3n) is 5.51. The predicted octanol–water partition coefficient (Wildman–Crippen LogP) is 2.84. The summed E-state index contributed by atoms with van der Waals surface area (Å²) < 4.78 is 38.9. The van der Waals surface area contributed by atoms with E-state index in [1.54, 1.807) is 6.20 Å². The molecule has 0 saturated heterocycles. The second-order valence-electron chi connectivity index (χ2n) is 7.89. The van der Waals surface area contributed by atoms with Crippen LogP contribution in [0.3, 0.4) is 0 Å². The maximum Gasteiger partial charge on any atom is 0.416 e. The van der Waals surface area contributed by atoms with E-state index in [4.69, 9.17) is 5.11 Å². The Morgan fingerprint density at radius 1 is 1.32 bits per heavy atom. The Labute approximate surface area is 174 Å². The van der Waals surface area contributed by atoms with E-state index in [1.807, 2.05) is 32.0 Å². The molecule has 10 heteroatoms. The van der Waals surface area contributed by atoms with Crippen LogP contribution in [-0.2, 0) is 0 Å². The van der Waals surface area contributed by atoms with Crippen LogP contribution in [-0.4, -0.2) is 44.4 Å². The summed E-state index contributed by atoms with van der Waals surface area (Å²) in [6, 6.07) is 5.71. The number of aromatic amines is 1. The van der Waals surface area contributed by atoms with Gasteiger partial charge in [-0.3, -0.25) is 9.59 Å². The van der Waals surface area contributed by atoms with Gasteiger partial charge in [-0.1, -0.05) is 12.1 Å². The number of carbonyl (C=O) groups is 1. The first kappa shape index (κ1) is 21.1. The van der Waals surface area contributed by atoms with Gasteiger partial charge in [-0.05, 0) is 55.4 Å². The van der Waals surface area contributed by atoms with Crippen molar-refractivity contribution in [3.8, 4) is 11.3 Å². The smallest absolute Gasteiger partial charge is 0.382 e. The number of aliphatic hydroxyl groups is 1. The second-order valence-corrected chi connectivity index (χ2v) is 7.89. The van der Waals surface area contributed by atoms with Crippen LogP contribution in [0.1, 0.15) is 45.9 Å². The number of aromatic nitrogens is 3. The molecule has 1 unspecified atom stereocenters. The average Bonchev–Trinajstić information content (AvgIpc) is 3.46. The van der Waals surface area contributed by atoms with Crippen molar-refractivity contribution >= 4 is 11.4 Å². The van der Waals surface area contributed by atoms with Crippen molar-refractivity contribution in [2.45, 2.75) is 44.9 Å². The first-order valence-electron chi connectivity index (χ1n) is 9.82. The predicted molar refractivity (Wildman–Crippen MR) is 107 cm³/mol. The Hall–Kier alpha value is -3.14. The van der Waals surface area contributed by atoms with Gasteiger partial charge in [0.2, 0.25) is 0 Å². The third-order valence-corrected chi connectivity index (χ3v) is 5.51. The Morgan fingerprint density at radius 3 is 2.65 bits per heavy atom. The third kappa shape index (κ3) is 4.07. The van der Waals surface area contributed by atoms with Crippen LogP contribution < -0.4 is 10.9 Å². The highest BCUT2D eigenvalue weighted by atomic mass is 19.4. The number of aliphatic hydroxyl groups excluding tert-OH is 1. The number of nitrogens with zero attached hydrogens (tertiary/aromatic N) is 2. The van der Waals surface area contributed by atoms with Crippen molar-refractivity contribution < 1.29 is 23.1 Å². The lowest BCUT2D eigenvalue weighted by molar-refractivity contribution is -0.201. The normalized spacial score (nSPS) is 15.3. The minimum atomic E-state index is -4.84. The SMILES string of the molecule is Cc1ccc(-c2cn3nc(C(=O)NCC(O)C(F)(F)F)c(C4CC4)c3c(=O)[nH]2)cc1C. The Kier molecular flexibility index (Phi) is 5.12. The molecule has 1 atom stereocenters. The molecule has 0 aliphatic heterocycles. The summed E-state index contributed by atoms with van der Waals surface area (Å²) >= 11 is 0. The van der Waals surface area contributed by atoms with E-state index in [9.17, 15) is 22.8 Å². The molecule has 0 spiro atoms. The molecule has 7 nitrogen and oxygen atoms in total. The minimum absolute atomic E-state index is 0.0561. The number of fused-ring (bicyclic) bond motifs is 1. The molecule has 0 bridgehead atoms. The monoisotopic (exact) mass is 434 g/mol. The van der Waals surface area contributed by atoms with Gasteiger partial charge in [0, 0.05) is 5.56 Å². The number of aryl methyl sites for hydroxylation is 2. The Morgan fingerprint density at radius 2 is 2.03 bits per heavy atom. The van der Waals surface area contributed by atoms with Crippen LogP contribution in [0.25, 0.3) is 16.8 Å². The van der Waals surface area contributed by atoms with Gasteiger partial charge in [0.25, 0.3) is 11.5 Å². The maximum atomic E-state index is 12.9. The molecule has 2 heterocycles. The molecule has 1 saturated carbocycles. The number of nitrogens with one attached hydrogen (secondary N) is 2. The summed E-state index contributed by atoms with van der Waals surface area (Å²) in [5.74, 6) is -0.916. The zero-order valence-electron chi connectivity index (χ0n) is 16.9. The van der Waals surface area contributed by atoms with Crippen molar-refractivity contribution in [3.05, 3.63) is 57.1 Å². The molecule has 1 amide bonds. The lowest BCUT2D eigenvalue weighted by Gasteiger charge is -2.14. The molecule has 4 rings (SSSR count). The molecule has 1 aliphatic rings. The van der Waals surface area contributed by atoms with Crippen LogP contribution in [0.5, 0.6) is 0 Å². The fourth-order valence-electron chi connectivity index (χ4n) is 3.47. The van der Waals surface area contributed by atoms with E-state index in [2.05, 4.69) is 15.4 Å². The van der Waals surface area contributed by atoms with Gasteiger partial charge in [-0.15, -0.1) is 0 Å². The van der Waals surface area contributed by atoms with Gasteiger partial charge in [-0.25, -0.2) is 4.52 Å². The molecular formula is C21H21F3N4O3. The van der Waals surface area contributed by atoms with Crippen LogP contribution in [0, 0.1) is 13.8 Å². The van der Waals surface area contributed by atoms with Gasteiger partial charge < -0.3 is 15.4 Å². The van der Waals surface area contributed by atoms with Gasteiger partial charge in [0.15, 0.2) is 11.8 Å². The van der Waals surface area contributed by atoms with E-state index in [1.165, 1.54) is 4.52 Å². The number of halogens is 3. The van der Waals surface area contributed by atoms with Crippen LogP contribution in [0.2, 0.25) is 0 Å². The number of hydrogen-bond donors (Lipinski definition) is 3. The van der Waals surface area contributed by atoms with Gasteiger partial charge in [-0.2, -0.15) is 18.3 Å². The molecule has 2 aromatic heterocycles. The highest BCUT2D eigenvalue weighted by molar-refractivity contribution is 5.96. The summed E-state index contributed by atoms with van der Waals surface area (Å²) in [6.07, 6.45) is -4.42. The van der Waals surface area contributed by atoms with Gasteiger partial charge in [0.1, 0.15) is 5.52 Å². The lowest BCUT2D eigenvalue weighted by Crippen LogP contribution is -2.41. The van der Waals surface area contributed by atoms with E-state index in [-0.39, 0.29) is 17.1 Å². The first-order chi connectivity index (χ1) is 14.6. The summed E-state index contributed by atoms with van der Waals surface area (Å²) in [5.41, 5.74) is 3.51. The fourth-order valence-corrected chi connectivity index (χ4v) is 3.47. The standard InChI is InChI=1S/C21H21F3N4O3/c1-10-3-4-13(7-11(10)2)14-9-28-18(20(31)26-14)16(12-5-6-12)17(27-28)19(30)25-8-15(29)21(22,23)24/h3-4,7,9,12,15,29H,5-6,8H2,1-2H3,(H,25,30)(H,26,31). The van der Waals surface area contributed by atoms with Crippen molar-refractivity contribution in [1.29, 1.82) is 0 Å². The molecule has 3 aromatic rings. The van der Waals surface area contributed by atoms with Crippen molar-refractivity contribution in [2.75, 3.05) is 6.54 Å². The second kappa shape index (κ2) is 7.52. The highest BCUT2D eigenvalue weighted by Crippen LogP contribution is 2.43. The lowest BCUT2D eigenvalue weighted by atomic mass is 10.0. The number of H-pyrrole nitrogens is 1. The molecular weight excluding hydrogens is 413 g/mol. The average molecular weight is 434 g/mol. The quantitative estimate of drug-likeness (QED) is 0.575. The zero-order chi connectivity index (χ0) is 22.5. The summed E-state index contributed by atoms with van der Waals surface area (Å²) in [7, 11) is 0. The van der Waals surface area contributed by atoms with Crippen molar-refractivity contribution in [1.82, 2.24) is 19.9 Å². The zero-order valence-corrected chi connectivity index (χ0v) is 16.9. The molecule has 0 radical (unpaired) electrons. The molecule has 1 fully saturated rings. The number of rotatable bonds is 5. The van der Waals surface area contributed by atoms with E-state index in [0.29, 0.717) is 11.3 Å². The highest BCUT2D eigenvalue weighted by Gasteiger charge is 2.39. The van der Waals surface area contributed by atoms with Crippen LogP contribution >= 0.6 is 0 Å². The van der Waals surface area contributed by atoms with Crippen molar-refractivity contribution in [3.63, 3.8) is 0 Å². The Bertz CT molecular complexity index is 1230. The number of benzene rings is 1. The number of alkyl halides is 3. The topological polar surface area (TPSA) is 99.5 Å². The molecule has 1 aliphatic carbocycles. The number of carbonyl (C=O) groups excluding carboxylic acids is 1. The summed E-state index contributed by atoms with van der Waals surface area (Å²) in [6.45, 7) is 2.93. The van der Waals surface area contributed by atoms with Crippen LogP contribution in [0.4, 0.5) is 13.2 Å². The maximum absolute atomic E-state index is 12.9. The van der Waals surface area contributed by atoms with E-state index in [0.717, 1.165) is 29.5 Å². The van der Waals surface area contributed by atoms with E-state index >= 15 is 0 Å². The van der Waals surface area contributed by atoms with Gasteiger partial charge >= 0.3 is 6.18 Å². The largest absolute Gasteiger partial charge is 0.416 e. The molecule has 31 heavy (non-hydrogen) atoms. The summed E-state index contributed by atoms with van der Waals surface area (Å²) in [5, 5.41) is 15.4. The Balaban J connectivity index is 1.74. The molecule has 1 aromatic carbocycles. The molecule has 164 valence electrons. The fraction of sp³-hybridized carbons (Fsp3) is 0.381. The summed E-state index contributed by atoms with van der Waals surface area (Å²) in [4.78, 5) is 28.3. The van der Waals surface area contributed by atoms with Crippen LogP contribution in [0.15, 0.2) is 29.2 Å².